The molecule has 0 saturated carbocycles. The Morgan fingerprint density at radius 2 is 2.00 bits per heavy atom. The molecule has 0 aromatic carbocycles. The third-order valence-corrected chi connectivity index (χ3v) is 3.63. The Morgan fingerprint density at radius 3 is 2.50 bits per heavy atom. The number of hydrogen-bond acceptors (Lipinski definition) is 2. The molecule has 1 fully saturated rings. The Balaban J connectivity index is 2.55. The van der Waals surface area contributed by atoms with Crippen molar-refractivity contribution in [3.05, 3.63) is 0 Å². The quantitative estimate of drug-likeness (QED) is 0.823. The van der Waals surface area contributed by atoms with E-state index >= 15 is 0 Å². The van der Waals surface area contributed by atoms with E-state index < -0.39 is 12.6 Å². The normalized spacial score (nSPS) is 26.8. The maximum absolute atomic E-state index is 12.3. The number of alkyl halides is 3. The lowest BCUT2D eigenvalue weighted by Crippen LogP contribution is -2.58. The summed E-state index contributed by atoms with van der Waals surface area (Å²) in [6.45, 7) is 7.94. The van der Waals surface area contributed by atoms with Gasteiger partial charge in [-0.1, -0.05) is 27.2 Å². The molecule has 2 atom stereocenters. The molecule has 0 bridgehead atoms. The Morgan fingerprint density at radius 1 is 1.33 bits per heavy atom. The fourth-order valence-corrected chi connectivity index (χ4v) is 2.63. The smallest absolute Gasteiger partial charge is 0.311 e. The summed E-state index contributed by atoms with van der Waals surface area (Å²) in [5.41, 5.74) is 0. The topological polar surface area (TPSA) is 15.3 Å². The Kier molecular flexibility index (Phi) is 5.92. The van der Waals surface area contributed by atoms with E-state index in [2.05, 4.69) is 26.1 Å². The fraction of sp³-hybridized carbons (Fsp3) is 1.00. The maximum atomic E-state index is 12.3. The van der Waals surface area contributed by atoms with Gasteiger partial charge in [-0.05, 0) is 12.3 Å². The minimum atomic E-state index is -4.05. The highest BCUT2D eigenvalue weighted by atomic mass is 19.4. The van der Waals surface area contributed by atoms with Gasteiger partial charge in [0.15, 0.2) is 0 Å². The summed E-state index contributed by atoms with van der Waals surface area (Å²) in [6.07, 6.45) is -2.65. The van der Waals surface area contributed by atoms with E-state index in [-0.39, 0.29) is 12.6 Å². The monoisotopic (exact) mass is 266 g/mol. The zero-order chi connectivity index (χ0) is 13.8. The number of hydrogen-bond donors (Lipinski definition) is 1. The summed E-state index contributed by atoms with van der Waals surface area (Å²) >= 11 is 0. The third-order valence-electron chi connectivity index (χ3n) is 3.63. The summed E-state index contributed by atoms with van der Waals surface area (Å²) in [5.74, 6) is 0.383. The molecule has 1 heterocycles. The molecule has 2 unspecified atom stereocenters. The Labute approximate surface area is 108 Å². The van der Waals surface area contributed by atoms with E-state index in [1.165, 1.54) is 0 Å². The number of piperazine rings is 1. The average Bonchev–Trinajstić information content (AvgIpc) is 2.25. The first-order chi connectivity index (χ1) is 8.33. The van der Waals surface area contributed by atoms with Crippen LogP contribution in [0, 0.1) is 5.92 Å². The molecule has 1 aliphatic rings. The van der Waals surface area contributed by atoms with Crippen molar-refractivity contribution in [1.82, 2.24) is 10.2 Å². The lowest BCUT2D eigenvalue weighted by atomic mass is 9.97. The van der Waals surface area contributed by atoms with E-state index in [9.17, 15) is 13.2 Å². The van der Waals surface area contributed by atoms with E-state index in [4.69, 9.17) is 0 Å². The van der Waals surface area contributed by atoms with Gasteiger partial charge in [0.2, 0.25) is 0 Å². The number of halogens is 3. The van der Waals surface area contributed by atoms with Crippen LogP contribution in [0.3, 0.4) is 0 Å². The highest BCUT2D eigenvalue weighted by Crippen LogP contribution is 2.23. The van der Waals surface area contributed by atoms with Crippen LogP contribution in [0.5, 0.6) is 0 Å². The van der Waals surface area contributed by atoms with E-state index in [0.29, 0.717) is 12.0 Å². The van der Waals surface area contributed by atoms with Crippen molar-refractivity contribution < 1.29 is 13.2 Å². The lowest BCUT2D eigenvalue weighted by molar-refractivity contribution is -0.140. The largest absolute Gasteiger partial charge is 0.390 e. The second-order valence-corrected chi connectivity index (χ2v) is 5.57. The molecule has 1 N–H and O–H groups in total. The second kappa shape index (κ2) is 6.75. The van der Waals surface area contributed by atoms with Crippen molar-refractivity contribution in [1.29, 1.82) is 0 Å². The highest BCUT2D eigenvalue weighted by molar-refractivity contribution is 4.87. The predicted octanol–water partition coefficient (Wildman–Crippen LogP) is 3.04. The molecule has 0 spiro atoms. The highest BCUT2D eigenvalue weighted by Gasteiger charge is 2.33. The van der Waals surface area contributed by atoms with Gasteiger partial charge in [-0.15, -0.1) is 0 Å². The molecule has 5 heteroatoms. The SMILES string of the molecule is CCCC1CN(CCC(F)(F)F)C(C(C)C)CN1. The summed E-state index contributed by atoms with van der Waals surface area (Å²) in [6, 6.07) is 0.568. The van der Waals surface area contributed by atoms with Crippen molar-refractivity contribution in [2.45, 2.75) is 58.3 Å². The molecule has 108 valence electrons. The van der Waals surface area contributed by atoms with Crippen LogP contribution in [0.15, 0.2) is 0 Å². The Bertz CT molecular complexity index is 241. The molecule has 0 amide bonds. The van der Waals surface area contributed by atoms with Crippen LogP contribution in [0.4, 0.5) is 13.2 Å². The number of nitrogens with zero attached hydrogens (tertiary/aromatic N) is 1. The van der Waals surface area contributed by atoms with E-state index in [1.54, 1.807) is 0 Å². The first-order valence-corrected chi connectivity index (χ1v) is 6.87. The molecule has 18 heavy (non-hydrogen) atoms. The molecule has 0 aromatic heterocycles. The molecular formula is C13H25F3N2. The van der Waals surface area contributed by atoms with Crippen molar-refractivity contribution >= 4 is 0 Å². The van der Waals surface area contributed by atoms with E-state index in [0.717, 1.165) is 25.9 Å². The fourth-order valence-electron chi connectivity index (χ4n) is 2.63. The lowest BCUT2D eigenvalue weighted by Gasteiger charge is -2.42. The summed E-state index contributed by atoms with van der Waals surface area (Å²) in [4.78, 5) is 2.02. The van der Waals surface area contributed by atoms with Gasteiger partial charge in [-0.25, -0.2) is 0 Å². The molecular weight excluding hydrogens is 241 g/mol. The van der Waals surface area contributed by atoms with Crippen molar-refractivity contribution in [2.75, 3.05) is 19.6 Å². The summed E-state index contributed by atoms with van der Waals surface area (Å²) < 4.78 is 37.0. The van der Waals surface area contributed by atoms with Gasteiger partial charge >= 0.3 is 6.18 Å². The molecule has 2 nitrogen and oxygen atoms in total. The van der Waals surface area contributed by atoms with Crippen LogP contribution in [0.25, 0.3) is 0 Å². The van der Waals surface area contributed by atoms with Gasteiger partial charge in [0, 0.05) is 31.7 Å². The standard InChI is InChI=1S/C13H25F3N2/c1-4-5-11-9-18(7-6-13(14,15)16)12(8-17-11)10(2)3/h10-12,17H,4-9H2,1-3H3. The van der Waals surface area contributed by atoms with Gasteiger partial charge in [0.1, 0.15) is 0 Å². The van der Waals surface area contributed by atoms with Gasteiger partial charge in [-0.2, -0.15) is 13.2 Å². The number of rotatable bonds is 5. The van der Waals surface area contributed by atoms with Crippen LogP contribution in [0.1, 0.15) is 40.0 Å². The summed E-state index contributed by atoms with van der Waals surface area (Å²) in [5, 5.41) is 3.46. The van der Waals surface area contributed by atoms with Gasteiger partial charge < -0.3 is 5.32 Å². The van der Waals surface area contributed by atoms with Crippen molar-refractivity contribution in [2.24, 2.45) is 5.92 Å². The van der Waals surface area contributed by atoms with Gasteiger partial charge in [0.25, 0.3) is 0 Å². The molecule has 0 radical (unpaired) electrons. The predicted molar refractivity (Wildman–Crippen MR) is 67.6 cm³/mol. The summed E-state index contributed by atoms with van der Waals surface area (Å²) in [7, 11) is 0. The molecule has 1 aliphatic heterocycles. The van der Waals surface area contributed by atoms with Crippen LogP contribution in [-0.4, -0.2) is 42.8 Å². The second-order valence-electron chi connectivity index (χ2n) is 5.57. The van der Waals surface area contributed by atoms with Crippen LogP contribution in [-0.2, 0) is 0 Å². The third kappa shape index (κ3) is 5.14. The van der Waals surface area contributed by atoms with Crippen molar-refractivity contribution in [3.8, 4) is 0 Å². The number of nitrogens with one attached hydrogen (secondary N) is 1. The minimum absolute atomic E-state index is 0.133. The maximum Gasteiger partial charge on any atom is 0.390 e. The molecule has 0 aromatic rings. The van der Waals surface area contributed by atoms with Crippen LogP contribution in [0.2, 0.25) is 0 Å². The first-order valence-electron chi connectivity index (χ1n) is 6.87. The van der Waals surface area contributed by atoms with Crippen molar-refractivity contribution in [3.63, 3.8) is 0 Å². The van der Waals surface area contributed by atoms with Gasteiger partial charge in [0.05, 0.1) is 6.42 Å². The molecule has 0 aliphatic carbocycles. The average molecular weight is 266 g/mol. The minimum Gasteiger partial charge on any atom is -0.311 e. The molecule has 1 saturated heterocycles. The zero-order valence-electron chi connectivity index (χ0n) is 11.6. The van der Waals surface area contributed by atoms with E-state index in [1.807, 2.05) is 4.90 Å². The zero-order valence-corrected chi connectivity index (χ0v) is 11.6. The van der Waals surface area contributed by atoms with Crippen LogP contribution >= 0.6 is 0 Å². The first kappa shape index (κ1) is 15.8. The van der Waals surface area contributed by atoms with Gasteiger partial charge in [-0.3, -0.25) is 4.90 Å². The Hall–Kier alpha value is -0.290. The molecule has 1 rings (SSSR count). The van der Waals surface area contributed by atoms with Crippen LogP contribution < -0.4 is 5.32 Å².